The first kappa shape index (κ1) is 18.2. The molecule has 1 aromatic carbocycles. The first-order valence-electron chi connectivity index (χ1n) is 6.65. The summed E-state index contributed by atoms with van der Waals surface area (Å²) in [6.07, 6.45) is 0.752. The maximum Gasteiger partial charge on any atom is 0.311 e. The molecule has 0 aliphatic carbocycles. The molecule has 0 amide bonds. The van der Waals surface area contributed by atoms with Crippen molar-refractivity contribution >= 4 is 21.8 Å². The van der Waals surface area contributed by atoms with E-state index in [1.807, 2.05) is 0 Å². The van der Waals surface area contributed by atoms with Gasteiger partial charge >= 0.3 is 11.9 Å². The lowest BCUT2D eigenvalue weighted by atomic mass is 9.96. The molecule has 0 bridgehead atoms. The van der Waals surface area contributed by atoms with Crippen LogP contribution < -0.4 is 0 Å². The largest absolute Gasteiger partial charge is 0.481 e. The van der Waals surface area contributed by atoms with Crippen molar-refractivity contribution in [2.45, 2.75) is 43.6 Å². The lowest BCUT2D eigenvalue weighted by molar-refractivity contribution is -0.158. The van der Waals surface area contributed by atoms with Gasteiger partial charge in [-0.1, -0.05) is 12.1 Å². The smallest absolute Gasteiger partial charge is 0.311 e. The minimum Gasteiger partial charge on any atom is -0.481 e. The molecule has 0 aliphatic rings. The van der Waals surface area contributed by atoms with Crippen molar-refractivity contribution in [3.05, 3.63) is 29.8 Å². The lowest BCUT2D eigenvalue weighted by Gasteiger charge is -2.21. The quantitative estimate of drug-likeness (QED) is 0.830. The molecule has 1 aromatic rings. The van der Waals surface area contributed by atoms with Gasteiger partial charge in [-0.05, 0) is 38.5 Å². The van der Waals surface area contributed by atoms with Gasteiger partial charge in [-0.15, -0.1) is 0 Å². The van der Waals surface area contributed by atoms with Gasteiger partial charge in [0.05, 0.1) is 17.2 Å². The minimum absolute atomic E-state index is 0.0951. The van der Waals surface area contributed by atoms with Crippen LogP contribution in [0, 0.1) is 0 Å². The number of carboxylic acid groups (broad SMARTS) is 1. The van der Waals surface area contributed by atoms with Crippen LogP contribution in [0.4, 0.5) is 0 Å². The zero-order chi connectivity index (χ0) is 17.1. The second-order valence-corrected chi connectivity index (χ2v) is 8.04. The maximum atomic E-state index is 11.8. The predicted molar refractivity (Wildman–Crippen MR) is 80.4 cm³/mol. The molecule has 1 N–H and O–H groups in total. The second kappa shape index (κ2) is 6.48. The number of aliphatic carboxylic acids is 1. The van der Waals surface area contributed by atoms with Crippen LogP contribution in [0.5, 0.6) is 0 Å². The normalized spacial score (nSPS) is 13.5. The minimum atomic E-state index is -3.35. The van der Waals surface area contributed by atoms with Gasteiger partial charge in [0.15, 0.2) is 9.84 Å². The fourth-order valence-electron chi connectivity index (χ4n) is 1.84. The third-order valence-electron chi connectivity index (χ3n) is 2.80. The SMILES string of the molecule is CC(C)(C)OC(=O)CC(C(=O)O)c1ccc(S(C)(=O)=O)cc1. The van der Waals surface area contributed by atoms with Crippen molar-refractivity contribution in [3.63, 3.8) is 0 Å². The van der Waals surface area contributed by atoms with E-state index < -0.39 is 33.3 Å². The van der Waals surface area contributed by atoms with Crippen LogP contribution in [0.2, 0.25) is 0 Å². The third-order valence-corrected chi connectivity index (χ3v) is 3.93. The van der Waals surface area contributed by atoms with Crippen molar-refractivity contribution < 1.29 is 27.9 Å². The Hall–Kier alpha value is -1.89. The van der Waals surface area contributed by atoms with E-state index in [0.29, 0.717) is 5.56 Å². The van der Waals surface area contributed by atoms with Gasteiger partial charge in [-0.2, -0.15) is 0 Å². The van der Waals surface area contributed by atoms with Crippen LogP contribution in [-0.2, 0) is 24.2 Å². The maximum absolute atomic E-state index is 11.8. The topological polar surface area (TPSA) is 97.7 Å². The number of carbonyl (C=O) groups excluding carboxylic acids is 1. The van der Waals surface area contributed by atoms with Crippen molar-refractivity contribution in [3.8, 4) is 0 Å². The highest BCUT2D eigenvalue weighted by Crippen LogP contribution is 2.23. The lowest BCUT2D eigenvalue weighted by Crippen LogP contribution is -2.26. The number of esters is 1. The number of rotatable bonds is 5. The van der Waals surface area contributed by atoms with Gasteiger partial charge in [0.1, 0.15) is 5.60 Å². The molecule has 0 aliphatic heterocycles. The number of carbonyl (C=O) groups is 2. The van der Waals surface area contributed by atoms with E-state index in [4.69, 9.17) is 4.74 Å². The number of hydrogen-bond donors (Lipinski definition) is 1. The first-order valence-corrected chi connectivity index (χ1v) is 8.54. The van der Waals surface area contributed by atoms with E-state index >= 15 is 0 Å². The molecule has 0 aromatic heterocycles. The zero-order valence-electron chi connectivity index (χ0n) is 13.0. The number of carboxylic acids is 1. The fourth-order valence-corrected chi connectivity index (χ4v) is 2.48. The van der Waals surface area contributed by atoms with Gasteiger partial charge < -0.3 is 9.84 Å². The zero-order valence-corrected chi connectivity index (χ0v) is 13.8. The molecule has 6 nitrogen and oxygen atoms in total. The van der Waals surface area contributed by atoms with Gasteiger partial charge in [0, 0.05) is 6.26 Å². The third kappa shape index (κ3) is 5.48. The summed E-state index contributed by atoms with van der Waals surface area (Å²) in [7, 11) is -3.35. The molecule has 0 fully saturated rings. The summed E-state index contributed by atoms with van der Waals surface area (Å²) in [5, 5.41) is 9.28. The van der Waals surface area contributed by atoms with E-state index in [1.54, 1.807) is 20.8 Å². The summed E-state index contributed by atoms with van der Waals surface area (Å²) in [6, 6.07) is 5.46. The molecule has 22 heavy (non-hydrogen) atoms. The van der Waals surface area contributed by atoms with Crippen molar-refractivity contribution in [1.82, 2.24) is 0 Å². The summed E-state index contributed by atoms with van der Waals surface area (Å²) >= 11 is 0. The van der Waals surface area contributed by atoms with Crippen LogP contribution in [0.1, 0.15) is 38.7 Å². The first-order chi connectivity index (χ1) is 9.90. The standard InChI is InChI=1S/C15H20O6S/c1-15(2,3)21-13(16)9-12(14(17)18)10-5-7-11(8-6-10)22(4,19)20/h5-8,12H,9H2,1-4H3,(H,17,18). The highest BCUT2D eigenvalue weighted by Gasteiger charge is 2.26. The molecule has 0 radical (unpaired) electrons. The van der Waals surface area contributed by atoms with E-state index in [0.717, 1.165) is 6.26 Å². The van der Waals surface area contributed by atoms with E-state index in [2.05, 4.69) is 0 Å². The Bertz CT molecular complexity index is 652. The van der Waals surface area contributed by atoms with Crippen molar-refractivity contribution in [2.75, 3.05) is 6.26 Å². The van der Waals surface area contributed by atoms with E-state index in [1.165, 1.54) is 24.3 Å². The summed E-state index contributed by atoms with van der Waals surface area (Å²) < 4.78 is 27.9. The molecule has 1 unspecified atom stereocenters. The fraction of sp³-hybridized carbons (Fsp3) is 0.467. The van der Waals surface area contributed by atoms with Crippen LogP contribution in [0.15, 0.2) is 29.2 Å². The Morgan fingerprint density at radius 1 is 1.18 bits per heavy atom. The van der Waals surface area contributed by atoms with Gasteiger partial charge in [0.2, 0.25) is 0 Å². The summed E-state index contributed by atoms with van der Waals surface area (Å²) in [5.74, 6) is -2.87. The Labute approximate surface area is 130 Å². The Morgan fingerprint density at radius 2 is 1.68 bits per heavy atom. The average molecular weight is 328 g/mol. The molecule has 0 saturated carbocycles. The van der Waals surface area contributed by atoms with Gasteiger partial charge in [-0.3, -0.25) is 9.59 Å². The summed E-state index contributed by atoms with van der Waals surface area (Å²) in [6.45, 7) is 5.09. The number of hydrogen-bond acceptors (Lipinski definition) is 5. The van der Waals surface area contributed by atoms with Crippen molar-refractivity contribution in [2.24, 2.45) is 0 Å². The molecule has 0 spiro atoms. The van der Waals surface area contributed by atoms with E-state index in [9.17, 15) is 23.1 Å². The highest BCUT2D eigenvalue weighted by molar-refractivity contribution is 7.90. The van der Waals surface area contributed by atoms with Crippen LogP contribution in [-0.4, -0.2) is 37.3 Å². The monoisotopic (exact) mass is 328 g/mol. The summed E-state index contributed by atoms with van der Waals surface area (Å²) in [5.41, 5.74) is -0.342. The summed E-state index contributed by atoms with van der Waals surface area (Å²) in [4.78, 5) is 23.2. The predicted octanol–water partition coefficient (Wildman–Crippen LogP) is 1.99. The molecule has 0 heterocycles. The second-order valence-electron chi connectivity index (χ2n) is 6.02. The average Bonchev–Trinajstić information content (AvgIpc) is 2.32. The number of sulfone groups is 1. The molecule has 1 atom stereocenters. The number of benzene rings is 1. The number of ether oxygens (including phenoxy) is 1. The molecule has 7 heteroatoms. The van der Waals surface area contributed by atoms with Gasteiger partial charge in [0.25, 0.3) is 0 Å². The van der Waals surface area contributed by atoms with E-state index in [-0.39, 0.29) is 11.3 Å². The Kier molecular flexibility index (Phi) is 5.35. The Morgan fingerprint density at radius 3 is 2.05 bits per heavy atom. The van der Waals surface area contributed by atoms with Crippen molar-refractivity contribution in [1.29, 1.82) is 0 Å². The molecule has 0 saturated heterocycles. The van der Waals surface area contributed by atoms with Crippen LogP contribution >= 0.6 is 0 Å². The van der Waals surface area contributed by atoms with Crippen LogP contribution in [0.3, 0.4) is 0 Å². The van der Waals surface area contributed by atoms with Crippen LogP contribution in [0.25, 0.3) is 0 Å². The molecule has 1 rings (SSSR count). The molecular weight excluding hydrogens is 308 g/mol. The molecular formula is C15H20O6S. The Balaban J connectivity index is 2.97. The highest BCUT2D eigenvalue weighted by atomic mass is 32.2. The molecule has 122 valence electrons. The van der Waals surface area contributed by atoms with Gasteiger partial charge in [-0.25, -0.2) is 8.42 Å².